The lowest BCUT2D eigenvalue weighted by Crippen LogP contribution is -2.03. The van der Waals surface area contributed by atoms with E-state index in [-0.39, 0.29) is 23.2 Å². The van der Waals surface area contributed by atoms with Gasteiger partial charge in [-0.05, 0) is 12.1 Å². The molecule has 0 amide bonds. The molecule has 4 N–H and O–H groups in total. The Kier molecular flexibility index (Phi) is 4.05. The van der Waals surface area contributed by atoms with E-state index in [0.717, 1.165) is 0 Å². The Morgan fingerprint density at radius 1 is 1.33 bits per heavy atom. The Morgan fingerprint density at radius 3 is 2.56 bits per heavy atom. The number of thiophene rings is 1. The number of nitrogen functional groups attached to an aromatic ring is 2. The molecule has 0 spiro atoms. The fourth-order valence-corrected chi connectivity index (χ4v) is 3.02. The van der Waals surface area contributed by atoms with Gasteiger partial charge in [-0.15, -0.1) is 11.3 Å². The summed E-state index contributed by atoms with van der Waals surface area (Å²) in [4.78, 5) is 20.4. The van der Waals surface area contributed by atoms with E-state index in [1.807, 2.05) is 0 Å². The standard InChI is InChI=1S/C10H9ClN4OS2/c11-7-2-1-6(18-7)5(16)4-17-10-14-8(12)3-9(13)15-10/h1-3H,4H2,(H4,12,13,14,15). The molecular weight excluding hydrogens is 292 g/mol. The highest BCUT2D eigenvalue weighted by molar-refractivity contribution is 7.99. The summed E-state index contributed by atoms with van der Waals surface area (Å²) < 4.78 is 0.591. The van der Waals surface area contributed by atoms with Gasteiger partial charge < -0.3 is 11.5 Å². The topological polar surface area (TPSA) is 94.9 Å². The summed E-state index contributed by atoms with van der Waals surface area (Å²) in [7, 11) is 0. The second-order valence-corrected chi connectivity index (χ2v) is 5.97. The van der Waals surface area contributed by atoms with E-state index in [1.54, 1.807) is 12.1 Å². The predicted octanol–water partition coefficient (Wildman–Crippen LogP) is 2.33. The lowest BCUT2D eigenvalue weighted by atomic mass is 10.4. The number of halogens is 1. The molecule has 0 aliphatic rings. The minimum absolute atomic E-state index is 0.0264. The van der Waals surface area contributed by atoms with Crippen molar-refractivity contribution in [3.63, 3.8) is 0 Å². The normalized spacial score (nSPS) is 10.5. The lowest BCUT2D eigenvalue weighted by molar-refractivity contribution is 0.102. The molecule has 18 heavy (non-hydrogen) atoms. The Hall–Kier alpha value is -1.31. The van der Waals surface area contributed by atoms with Gasteiger partial charge in [-0.2, -0.15) is 0 Å². The van der Waals surface area contributed by atoms with Crippen LogP contribution in [0.15, 0.2) is 23.4 Å². The highest BCUT2D eigenvalue weighted by atomic mass is 35.5. The minimum atomic E-state index is -0.0264. The average Bonchev–Trinajstić information content (AvgIpc) is 2.71. The van der Waals surface area contributed by atoms with Crippen LogP contribution in [0.2, 0.25) is 4.34 Å². The van der Waals surface area contributed by atoms with Crippen LogP contribution >= 0.6 is 34.7 Å². The second kappa shape index (κ2) is 5.55. The fraction of sp³-hybridized carbons (Fsp3) is 0.100. The van der Waals surface area contributed by atoms with Gasteiger partial charge in [-0.1, -0.05) is 23.4 Å². The van der Waals surface area contributed by atoms with Gasteiger partial charge in [0.2, 0.25) is 0 Å². The molecule has 0 atom stereocenters. The van der Waals surface area contributed by atoms with Crippen molar-refractivity contribution in [2.45, 2.75) is 5.16 Å². The number of aromatic nitrogens is 2. The molecule has 0 aliphatic heterocycles. The molecular formula is C10H9ClN4OS2. The van der Waals surface area contributed by atoms with Gasteiger partial charge in [0, 0.05) is 6.07 Å². The number of nitrogens with two attached hydrogens (primary N) is 2. The van der Waals surface area contributed by atoms with Crippen LogP contribution in [0, 0.1) is 0 Å². The zero-order valence-electron chi connectivity index (χ0n) is 9.09. The fourth-order valence-electron chi connectivity index (χ4n) is 1.19. The summed E-state index contributed by atoms with van der Waals surface area (Å²) >= 11 is 8.21. The van der Waals surface area contributed by atoms with Crippen LogP contribution in [-0.4, -0.2) is 21.5 Å². The number of rotatable bonds is 4. The third-order valence-corrected chi connectivity index (χ3v) is 4.05. The first-order chi connectivity index (χ1) is 8.54. The molecule has 2 heterocycles. The van der Waals surface area contributed by atoms with Crippen molar-refractivity contribution < 1.29 is 4.79 Å². The maximum atomic E-state index is 11.8. The summed E-state index contributed by atoms with van der Waals surface area (Å²) in [6.07, 6.45) is 0. The molecule has 5 nitrogen and oxygen atoms in total. The Morgan fingerprint density at radius 2 is 2.00 bits per heavy atom. The molecule has 2 aromatic heterocycles. The molecule has 0 radical (unpaired) electrons. The number of ketones is 1. The quantitative estimate of drug-likeness (QED) is 0.511. The van der Waals surface area contributed by atoms with Crippen LogP contribution in [0.3, 0.4) is 0 Å². The predicted molar refractivity (Wildman–Crippen MR) is 75.2 cm³/mol. The highest BCUT2D eigenvalue weighted by Gasteiger charge is 2.11. The van der Waals surface area contributed by atoms with Crippen molar-refractivity contribution >= 4 is 52.1 Å². The van der Waals surface area contributed by atoms with Crippen molar-refractivity contribution in [2.75, 3.05) is 17.2 Å². The molecule has 94 valence electrons. The van der Waals surface area contributed by atoms with E-state index >= 15 is 0 Å². The van der Waals surface area contributed by atoms with Crippen molar-refractivity contribution in [1.82, 2.24) is 9.97 Å². The van der Waals surface area contributed by atoms with Crippen LogP contribution in [0.4, 0.5) is 11.6 Å². The third-order valence-electron chi connectivity index (χ3n) is 1.93. The number of hydrogen-bond donors (Lipinski definition) is 2. The number of carbonyl (C=O) groups is 1. The SMILES string of the molecule is Nc1cc(N)nc(SCC(=O)c2ccc(Cl)s2)n1. The maximum Gasteiger partial charge on any atom is 0.191 e. The molecule has 0 aromatic carbocycles. The summed E-state index contributed by atoms with van der Waals surface area (Å²) in [6, 6.07) is 4.86. The minimum Gasteiger partial charge on any atom is -0.383 e. The van der Waals surface area contributed by atoms with E-state index in [9.17, 15) is 4.79 Å². The first-order valence-corrected chi connectivity index (χ1v) is 7.04. The Labute approximate surface area is 117 Å². The molecule has 0 saturated heterocycles. The molecule has 0 fully saturated rings. The smallest absolute Gasteiger partial charge is 0.191 e. The summed E-state index contributed by atoms with van der Waals surface area (Å²) in [5.74, 6) is 0.773. The first kappa shape index (κ1) is 13.1. The Bertz CT molecular complexity index is 567. The summed E-state index contributed by atoms with van der Waals surface area (Å²) in [5.41, 5.74) is 11.1. The van der Waals surface area contributed by atoms with Gasteiger partial charge in [0.1, 0.15) is 11.6 Å². The van der Waals surface area contributed by atoms with E-state index in [2.05, 4.69) is 9.97 Å². The molecule has 2 aromatic rings. The van der Waals surface area contributed by atoms with Crippen LogP contribution in [-0.2, 0) is 0 Å². The van der Waals surface area contributed by atoms with Gasteiger partial charge in [0.05, 0.1) is 15.0 Å². The third kappa shape index (κ3) is 3.34. The van der Waals surface area contributed by atoms with E-state index in [1.165, 1.54) is 29.2 Å². The second-order valence-electron chi connectivity index (χ2n) is 3.32. The molecule has 0 aliphatic carbocycles. The van der Waals surface area contributed by atoms with Gasteiger partial charge in [-0.25, -0.2) is 9.97 Å². The van der Waals surface area contributed by atoms with E-state index < -0.39 is 0 Å². The van der Waals surface area contributed by atoms with Gasteiger partial charge >= 0.3 is 0 Å². The number of hydrogen-bond acceptors (Lipinski definition) is 7. The van der Waals surface area contributed by atoms with Crippen molar-refractivity contribution in [2.24, 2.45) is 0 Å². The maximum absolute atomic E-state index is 11.8. The van der Waals surface area contributed by atoms with Crippen LogP contribution in [0.1, 0.15) is 9.67 Å². The number of Topliss-reactive ketones (excluding diaryl/α,β-unsaturated/α-hetero) is 1. The number of nitrogens with zero attached hydrogens (tertiary/aromatic N) is 2. The van der Waals surface area contributed by atoms with Crippen LogP contribution in [0.25, 0.3) is 0 Å². The highest BCUT2D eigenvalue weighted by Crippen LogP contribution is 2.24. The Balaban J connectivity index is 2.01. The van der Waals surface area contributed by atoms with Crippen molar-refractivity contribution in [3.05, 3.63) is 27.4 Å². The van der Waals surface area contributed by atoms with Crippen molar-refractivity contribution in [3.8, 4) is 0 Å². The zero-order valence-corrected chi connectivity index (χ0v) is 11.5. The van der Waals surface area contributed by atoms with Gasteiger partial charge in [-0.3, -0.25) is 4.79 Å². The van der Waals surface area contributed by atoms with Gasteiger partial charge in [0.15, 0.2) is 10.9 Å². The number of carbonyl (C=O) groups excluding carboxylic acids is 1. The van der Waals surface area contributed by atoms with E-state index in [0.29, 0.717) is 14.4 Å². The van der Waals surface area contributed by atoms with Crippen LogP contribution < -0.4 is 11.5 Å². The molecule has 8 heteroatoms. The summed E-state index contributed by atoms with van der Waals surface area (Å²) in [5, 5.41) is 0.392. The average molecular weight is 301 g/mol. The number of anilines is 2. The first-order valence-electron chi connectivity index (χ1n) is 4.86. The van der Waals surface area contributed by atoms with Crippen molar-refractivity contribution in [1.29, 1.82) is 0 Å². The van der Waals surface area contributed by atoms with E-state index in [4.69, 9.17) is 23.1 Å². The zero-order chi connectivity index (χ0) is 13.1. The molecule has 0 saturated carbocycles. The molecule has 0 unspecified atom stereocenters. The lowest BCUT2D eigenvalue weighted by Gasteiger charge is -2.01. The molecule has 2 rings (SSSR count). The van der Waals surface area contributed by atoms with Crippen LogP contribution in [0.5, 0.6) is 0 Å². The summed E-state index contributed by atoms with van der Waals surface area (Å²) in [6.45, 7) is 0. The largest absolute Gasteiger partial charge is 0.383 e. The molecule has 0 bridgehead atoms. The number of thioether (sulfide) groups is 1. The monoisotopic (exact) mass is 300 g/mol. The van der Waals surface area contributed by atoms with Gasteiger partial charge in [0.25, 0.3) is 0 Å².